The van der Waals surface area contributed by atoms with Gasteiger partial charge in [-0.25, -0.2) is 0 Å². The Morgan fingerprint density at radius 1 is 1.23 bits per heavy atom. The zero-order valence-corrected chi connectivity index (χ0v) is 18.7. The topological polar surface area (TPSA) is 70.8 Å². The summed E-state index contributed by atoms with van der Waals surface area (Å²) in [6.07, 6.45) is -0.0810. The van der Waals surface area contributed by atoms with E-state index in [9.17, 15) is 4.79 Å². The van der Waals surface area contributed by atoms with Gasteiger partial charge >= 0.3 is 0 Å². The van der Waals surface area contributed by atoms with E-state index in [1.165, 1.54) is 5.56 Å². The Morgan fingerprint density at radius 2 is 1.97 bits per heavy atom. The molecule has 1 saturated heterocycles. The first kappa shape index (κ1) is 22.4. The molecule has 2 aromatic rings. The summed E-state index contributed by atoms with van der Waals surface area (Å²) in [6.45, 7) is 8.13. The Kier molecular flexibility index (Phi) is 7.58. The standard InChI is InChI=1S/C23H31ClN4O2/c1-16(2)30-22-12-21(25)20(24)11-19(22)23(29)26-18-14-27(3)9-10-28(15-18)13-17-7-5-4-6-8-17/h4-8,11-12,16,18H,9-10,13-15,25H2,1-3H3,(H,26,29). The first-order valence-corrected chi connectivity index (χ1v) is 10.7. The van der Waals surface area contributed by atoms with Crippen molar-refractivity contribution in [1.82, 2.24) is 15.1 Å². The number of rotatable bonds is 6. The Balaban J connectivity index is 1.75. The molecule has 1 fully saturated rings. The van der Waals surface area contributed by atoms with E-state index in [0.29, 0.717) is 22.0 Å². The molecule has 0 spiro atoms. The molecule has 1 unspecified atom stereocenters. The number of nitrogen functional groups attached to an aromatic ring is 1. The van der Waals surface area contributed by atoms with Gasteiger partial charge in [0.25, 0.3) is 5.91 Å². The highest BCUT2D eigenvalue weighted by Crippen LogP contribution is 2.30. The van der Waals surface area contributed by atoms with E-state index in [-0.39, 0.29) is 18.1 Å². The third-order valence-electron chi connectivity index (χ3n) is 5.10. The first-order valence-electron chi connectivity index (χ1n) is 10.3. The number of hydrogen-bond acceptors (Lipinski definition) is 5. The normalized spacial score (nSPS) is 18.2. The molecule has 7 heteroatoms. The lowest BCUT2D eigenvalue weighted by atomic mass is 10.1. The van der Waals surface area contributed by atoms with Gasteiger partial charge in [-0.3, -0.25) is 9.69 Å². The van der Waals surface area contributed by atoms with Gasteiger partial charge in [-0.05, 0) is 32.5 Å². The molecule has 0 radical (unpaired) electrons. The average molecular weight is 431 g/mol. The van der Waals surface area contributed by atoms with Crippen LogP contribution in [0.4, 0.5) is 5.69 Å². The lowest BCUT2D eigenvalue weighted by Gasteiger charge is -2.25. The van der Waals surface area contributed by atoms with Crippen molar-refractivity contribution < 1.29 is 9.53 Å². The van der Waals surface area contributed by atoms with Gasteiger partial charge in [-0.15, -0.1) is 0 Å². The SMILES string of the molecule is CC(C)Oc1cc(N)c(Cl)cc1C(=O)NC1CN(C)CCN(Cc2ccccc2)C1. The number of carbonyl (C=O) groups excluding carboxylic acids is 1. The third kappa shape index (κ3) is 6.11. The third-order valence-corrected chi connectivity index (χ3v) is 5.43. The molecule has 30 heavy (non-hydrogen) atoms. The van der Waals surface area contributed by atoms with Crippen molar-refractivity contribution in [2.75, 3.05) is 39.0 Å². The summed E-state index contributed by atoms with van der Waals surface area (Å²) in [4.78, 5) is 17.8. The molecule has 162 valence electrons. The molecule has 1 atom stereocenters. The minimum absolute atomic E-state index is 0.0167. The Labute approximate surface area is 183 Å². The summed E-state index contributed by atoms with van der Waals surface area (Å²) in [5, 5.41) is 3.53. The lowest BCUT2D eigenvalue weighted by molar-refractivity contribution is 0.0918. The second kappa shape index (κ2) is 10.2. The second-order valence-electron chi connectivity index (χ2n) is 8.19. The van der Waals surface area contributed by atoms with Gasteiger partial charge in [0.05, 0.1) is 28.4 Å². The molecule has 3 N–H and O–H groups in total. The van der Waals surface area contributed by atoms with Gasteiger partial charge in [-0.1, -0.05) is 41.9 Å². The highest BCUT2D eigenvalue weighted by atomic mass is 35.5. The molecule has 2 aromatic carbocycles. The van der Waals surface area contributed by atoms with Crippen molar-refractivity contribution in [2.45, 2.75) is 32.5 Å². The monoisotopic (exact) mass is 430 g/mol. The molecule has 1 heterocycles. The summed E-state index contributed by atoms with van der Waals surface area (Å²) in [5.41, 5.74) is 7.99. The van der Waals surface area contributed by atoms with E-state index < -0.39 is 0 Å². The maximum absolute atomic E-state index is 13.1. The summed E-state index contributed by atoms with van der Waals surface area (Å²) in [6, 6.07) is 13.6. The van der Waals surface area contributed by atoms with Crippen LogP contribution in [0.3, 0.4) is 0 Å². The zero-order chi connectivity index (χ0) is 21.7. The van der Waals surface area contributed by atoms with Crippen LogP contribution in [0.5, 0.6) is 5.75 Å². The number of likely N-dealkylation sites (N-methyl/N-ethyl adjacent to an activating group) is 1. The number of amides is 1. The molecule has 1 amide bonds. The molecule has 0 aromatic heterocycles. The average Bonchev–Trinajstić information content (AvgIpc) is 2.85. The van der Waals surface area contributed by atoms with Crippen molar-refractivity contribution in [3.05, 3.63) is 58.6 Å². The highest BCUT2D eigenvalue weighted by Gasteiger charge is 2.25. The number of nitrogens with one attached hydrogen (secondary N) is 1. The fourth-order valence-corrected chi connectivity index (χ4v) is 3.84. The number of nitrogens with zero attached hydrogens (tertiary/aromatic N) is 2. The van der Waals surface area contributed by atoms with E-state index in [1.807, 2.05) is 19.9 Å². The van der Waals surface area contributed by atoms with Gasteiger partial charge in [0.2, 0.25) is 0 Å². The fourth-order valence-electron chi connectivity index (χ4n) is 3.68. The summed E-state index contributed by atoms with van der Waals surface area (Å²) >= 11 is 6.19. The van der Waals surface area contributed by atoms with Crippen molar-refractivity contribution in [3.8, 4) is 5.75 Å². The molecule has 3 rings (SSSR count). The molecule has 6 nitrogen and oxygen atoms in total. The predicted molar refractivity (Wildman–Crippen MR) is 122 cm³/mol. The molecule has 1 aliphatic rings. The van der Waals surface area contributed by atoms with Crippen LogP contribution in [0.25, 0.3) is 0 Å². The van der Waals surface area contributed by atoms with Crippen molar-refractivity contribution in [2.24, 2.45) is 0 Å². The largest absolute Gasteiger partial charge is 0.490 e. The molecule has 0 aliphatic carbocycles. The van der Waals surface area contributed by atoms with E-state index in [0.717, 1.165) is 32.7 Å². The molecule has 1 aliphatic heterocycles. The van der Waals surface area contributed by atoms with Crippen LogP contribution in [0.1, 0.15) is 29.8 Å². The van der Waals surface area contributed by atoms with E-state index in [4.69, 9.17) is 22.1 Å². The lowest BCUT2D eigenvalue weighted by Crippen LogP contribution is -2.46. The van der Waals surface area contributed by atoms with E-state index in [2.05, 4.69) is 46.4 Å². The highest BCUT2D eigenvalue weighted by molar-refractivity contribution is 6.33. The predicted octanol–water partition coefficient (Wildman–Crippen LogP) is 3.26. The molecular formula is C23H31ClN4O2. The number of ether oxygens (including phenoxy) is 1. The van der Waals surface area contributed by atoms with Gasteiger partial charge in [-0.2, -0.15) is 0 Å². The smallest absolute Gasteiger partial charge is 0.255 e. The number of anilines is 1. The quantitative estimate of drug-likeness (QED) is 0.688. The van der Waals surface area contributed by atoms with Gasteiger partial charge in [0.15, 0.2) is 0 Å². The van der Waals surface area contributed by atoms with Gasteiger partial charge in [0.1, 0.15) is 5.75 Å². The van der Waals surface area contributed by atoms with Crippen LogP contribution in [0, 0.1) is 0 Å². The number of carbonyl (C=O) groups is 1. The van der Waals surface area contributed by atoms with Crippen molar-refractivity contribution >= 4 is 23.2 Å². The Morgan fingerprint density at radius 3 is 2.67 bits per heavy atom. The Hall–Kier alpha value is -2.28. The number of hydrogen-bond donors (Lipinski definition) is 2. The Bertz CT molecular complexity index is 860. The van der Waals surface area contributed by atoms with Crippen molar-refractivity contribution in [3.63, 3.8) is 0 Å². The van der Waals surface area contributed by atoms with Crippen LogP contribution in [0.15, 0.2) is 42.5 Å². The molecule has 0 bridgehead atoms. The summed E-state index contributed by atoms with van der Waals surface area (Å²) in [5.74, 6) is 0.250. The van der Waals surface area contributed by atoms with Crippen LogP contribution in [0.2, 0.25) is 5.02 Å². The van der Waals surface area contributed by atoms with Crippen molar-refractivity contribution in [1.29, 1.82) is 0 Å². The van der Waals surface area contributed by atoms with Gasteiger partial charge in [0, 0.05) is 38.8 Å². The van der Waals surface area contributed by atoms with Crippen LogP contribution in [-0.2, 0) is 6.54 Å². The number of nitrogens with two attached hydrogens (primary N) is 1. The number of halogens is 1. The minimum Gasteiger partial charge on any atom is -0.490 e. The van der Waals surface area contributed by atoms with E-state index in [1.54, 1.807) is 12.1 Å². The minimum atomic E-state index is -0.201. The summed E-state index contributed by atoms with van der Waals surface area (Å²) in [7, 11) is 2.08. The van der Waals surface area contributed by atoms with Crippen LogP contribution >= 0.6 is 11.6 Å². The fraction of sp³-hybridized carbons (Fsp3) is 0.435. The first-order chi connectivity index (χ1) is 14.3. The zero-order valence-electron chi connectivity index (χ0n) is 17.9. The molecule has 0 saturated carbocycles. The van der Waals surface area contributed by atoms with Gasteiger partial charge < -0.3 is 20.7 Å². The second-order valence-corrected chi connectivity index (χ2v) is 8.60. The summed E-state index contributed by atoms with van der Waals surface area (Å²) < 4.78 is 5.82. The maximum Gasteiger partial charge on any atom is 0.255 e. The molecular weight excluding hydrogens is 400 g/mol. The number of benzene rings is 2. The van der Waals surface area contributed by atoms with E-state index >= 15 is 0 Å². The maximum atomic E-state index is 13.1. The van der Waals surface area contributed by atoms with Crippen LogP contribution in [-0.4, -0.2) is 61.1 Å². The van der Waals surface area contributed by atoms with Crippen LogP contribution < -0.4 is 15.8 Å².